The average molecular weight is 295 g/mol. The van der Waals surface area contributed by atoms with Gasteiger partial charge in [0.25, 0.3) is 0 Å². The van der Waals surface area contributed by atoms with Gasteiger partial charge in [0.05, 0.1) is 36.1 Å². The Labute approximate surface area is 123 Å². The first-order valence-electron chi connectivity index (χ1n) is 6.44. The lowest BCUT2D eigenvalue weighted by Crippen LogP contribution is -2.20. The molecule has 108 valence electrons. The summed E-state index contributed by atoms with van der Waals surface area (Å²) in [4.78, 5) is 4.45. The summed E-state index contributed by atoms with van der Waals surface area (Å²) in [5.41, 5.74) is 9.98. The maximum Gasteiger partial charge on any atom is 0.0837 e. The molecule has 6 heteroatoms. The van der Waals surface area contributed by atoms with Gasteiger partial charge in [-0.25, -0.2) is 0 Å². The number of hydrogen-bond donors (Lipinski definition) is 1. The maximum absolute atomic E-state index is 6.36. The molecule has 0 spiro atoms. The lowest BCUT2D eigenvalue weighted by atomic mass is 10.0. The zero-order valence-electron chi connectivity index (χ0n) is 11.9. The molecule has 2 aromatic heterocycles. The predicted molar refractivity (Wildman–Crippen MR) is 78.9 cm³/mol. The molecule has 0 saturated carbocycles. The van der Waals surface area contributed by atoms with Crippen LogP contribution in [0.15, 0.2) is 18.3 Å². The molecule has 0 aliphatic rings. The van der Waals surface area contributed by atoms with Gasteiger partial charge in [0.1, 0.15) is 0 Å². The molecule has 0 amide bonds. The normalized spacial score (nSPS) is 12.7. The van der Waals surface area contributed by atoms with E-state index in [0.717, 1.165) is 22.6 Å². The monoisotopic (exact) mass is 294 g/mol. The van der Waals surface area contributed by atoms with Crippen LogP contribution in [0, 0.1) is 13.8 Å². The van der Waals surface area contributed by atoms with E-state index in [0.29, 0.717) is 18.2 Å². The van der Waals surface area contributed by atoms with E-state index in [9.17, 15) is 0 Å². The Morgan fingerprint density at radius 3 is 2.80 bits per heavy atom. The van der Waals surface area contributed by atoms with Crippen molar-refractivity contribution in [2.24, 2.45) is 5.73 Å². The van der Waals surface area contributed by atoms with Crippen LogP contribution in [0.25, 0.3) is 0 Å². The second-order valence-electron chi connectivity index (χ2n) is 4.70. The lowest BCUT2D eigenvalue weighted by Gasteiger charge is -2.17. The van der Waals surface area contributed by atoms with Gasteiger partial charge in [-0.3, -0.25) is 9.67 Å². The first kappa shape index (κ1) is 15.0. The zero-order valence-corrected chi connectivity index (χ0v) is 12.7. The van der Waals surface area contributed by atoms with Crippen molar-refractivity contribution in [1.29, 1.82) is 0 Å². The van der Waals surface area contributed by atoms with Crippen LogP contribution in [0.4, 0.5) is 0 Å². The Bertz CT molecular complexity index is 597. The van der Waals surface area contributed by atoms with Crippen LogP contribution in [-0.2, 0) is 11.3 Å². The highest BCUT2D eigenvalue weighted by Crippen LogP contribution is 2.27. The van der Waals surface area contributed by atoms with Crippen molar-refractivity contribution in [2.75, 3.05) is 13.7 Å². The summed E-state index contributed by atoms with van der Waals surface area (Å²) in [6, 6.07) is 3.59. The fourth-order valence-corrected chi connectivity index (χ4v) is 2.47. The van der Waals surface area contributed by atoms with Gasteiger partial charge in [0, 0.05) is 18.5 Å². The van der Waals surface area contributed by atoms with E-state index in [-0.39, 0.29) is 6.04 Å². The minimum absolute atomic E-state index is 0.352. The summed E-state index contributed by atoms with van der Waals surface area (Å²) in [6.45, 7) is 5.08. The van der Waals surface area contributed by atoms with E-state index >= 15 is 0 Å². The minimum atomic E-state index is -0.352. The number of methoxy groups -OCH3 is 1. The van der Waals surface area contributed by atoms with Crippen LogP contribution in [0.3, 0.4) is 0 Å². The van der Waals surface area contributed by atoms with E-state index in [4.69, 9.17) is 22.1 Å². The van der Waals surface area contributed by atoms with Gasteiger partial charge in [-0.15, -0.1) is 0 Å². The maximum atomic E-state index is 6.36. The number of hydrogen-bond acceptors (Lipinski definition) is 4. The number of halogens is 1. The van der Waals surface area contributed by atoms with Gasteiger partial charge in [-0.05, 0) is 25.5 Å². The smallest absolute Gasteiger partial charge is 0.0837 e. The molecule has 1 unspecified atom stereocenters. The van der Waals surface area contributed by atoms with Crippen molar-refractivity contribution in [3.05, 3.63) is 46.0 Å². The molecule has 2 heterocycles. The average Bonchev–Trinajstić information content (AvgIpc) is 2.77. The summed E-state index contributed by atoms with van der Waals surface area (Å²) in [5, 5.41) is 4.81. The van der Waals surface area contributed by atoms with Crippen LogP contribution < -0.4 is 5.73 Å². The molecule has 0 bridgehead atoms. The largest absolute Gasteiger partial charge is 0.383 e. The Kier molecular flexibility index (Phi) is 4.75. The van der Waals surface area contributed by atoms with E-state index in [1.165, 1.54) is 0 Å². The van der Waals surface area contributed by atoms with Crippen molar-refractivity contribution < 1.29 is 4.74 Å². The number of pyridine rings is 1. The van der Waals surface area contributed by atoms with Gasteiger partial charge in [0.15, 0.2) is 0 Å². The van der Waals surface area contributed by atoms with E-state index in [1.807, 2.05) is 26.0 Å². The molecule has 2 rings (SSSR count). The number of aryl methyl sites for hydroxylation is 2. The first-order chi connectivity index (χ1) is 9.54. The number of nitrogens with zero attached hydrogens (tertiary/aromatic N) is 3. The fraction of sp³-hybridized carbons (Fsp3) is 0.429. The third-order valence-corrected chi connectivity index (χ3v) is 3.53. The molecule has 0 saturated heterocycles. The summed E-state index contributed by atoms with van der Waals surface area (Å²) >= 11 is 6.23. The van der Waals surface area contributed by atoms with E-state index in [1.54, 1.807) is 18.0 Å². The van der Waals surface area contributed by atoms with Crippen molar-refractivity contribution in [1.82, 2.24) is 14.8 Å². The Morgan fingerprint density at radius 2 is 2.15 bits per heavy atom. The SMILES string of the molecule is COCCn1ncc(Cl)c1C(N)c1ccc(C)nc1C. The van der Waals surface area contributed by atoms with Crippen LogP contribution in [0.5, 0.6) is 0 Å². The highest BCUT2D eigenvalue weighted by Gasteiger charge is 2.20. The summed E-state index contributed by atoms with van der Waals surface area (Å²) in [6.07, 6.45) is 1.61. The molecule has 2 aromatic rings. The van der Waals surface area contributed by atoms with E-state index in [2.05, 4.69) is 10.1 Å². The molecule has 0 radical (unpaired) electrons. The molecule has 0 aromatic carbocycles. The Hall–Kier alpha value is -1.43. The summed E-state index contributed by atoms with van der Waals surface area (Å²) < 4.78 is 6.87. The first-order valence-corrected chi connectivity index (χ1v) is 6.82. The zero-order chi connectivity index (χ0) is 14.7. The molecular weight excluding hydrogens is 276 g/mol. The molecule has 0 fully saturated rings. The fourth-order valence-electron chi connectivity index (χ4n) is 2.21. The molecule has 0 aliphatic heterocycles. The van der Waals surface area contributed by atoms with Crippen LogP contribution in [0.1, 0.15) is 28.7 Å². The van der Waals surface area contributed by atoms with Crippen molar-refractivity contribution in [2.45, 2.75) is 26.4 Å². The molecule has 20 heavy (non-hydrogen) atoms. The van der Waals surface area contributed by atoms with E-state index < -0.39 is 0 Å². The third-order valence-electron chi connectivity index (χ3n) is 3.24. The van der Waals surface area contributed by atoms with Crippen molar-refractivity contribution >= 4 is 11.6 Å². The number of aromatic nitrogens is 3. The highest BCUT2D eigenvalue weighted by molar-refractivity contribution is 6.31. The van der Waals surface area contributed by atoms with Gasteiger partial charge in [-0.2, -0.15) is 5.10 Å². The lowest BCUT2D eigenvalue weighted by molar-refractivity contribution is 0.182. The molecule has 2 N–H and O–H groups in total. The van der Waals surface area contributed by atoms with Gasteiger partial charge in [-0.1, -0.05) is 17.7 Å². The van der Waals surface area contributed by atoms with Gasteiger partial charge >= 0.3 is 0 Å². The van der Waals surface area contributed by atoms with Crippen molar-refractivity contribution in [3.63, 3.8) is 0 Å². The second-order valence-corrected chi connectivity index (χ2v) is 5.11. The molecule has 5 nitrogen and oxygen atoms in total. The predicted octanol–water partition coefficient (Wildman–Crippen LogP) is 2.24. The van der Waals surface area contributed by atoms with Gasteiger partial charge in [0.2, 0.25) is 0 Å². The topological polar surface area (TPSA) is 66.0 Å². The van der Waals surface area contributed by atoms with Gasteiger partial charge < -0.3 is 10.5 Å². The van der Waals surface area contributed by atoms with Crippen LogP contribution in [0.2, 0.25) is 5.02 Å². The number of nitrogens with two attached hydrogens (primary N) is 1. The third kappa shape index (κ3) is 3.00. The van der Waals surface area contributed by atoms with Crippen molar-refractivity contribution in [3.8, 4) is 0 Å². The quantitative estimate of drug-likeness (QED) is 0.918. The molecular formula is C14H19ClN4O. The Morgan fingerprint density at radius 1 is 1.40 bits per heavy atom. The second kappa shape index (κ2) is 6.35. The number of rotatable bonds is 5. The summed E-state index contributed by atoms with van der Waals surface area (Å²) in [7, 11) is 1.65. The molecule has 0 aliphatic carbocycles. The minimum Gasteiger partial charge on any atom is -0.383 e. The van der Waals surface area contributed by atoms with Crippen LogP contribution in [-0.4, -0.2) is 28.5 Å². The standard InChI is InChI=1S/C14H19ClN4O/c1-9-4-5-11(10(2)18-9)13(16)14-12(15)8-17-19(14)6-7-20-3/h4-5,8,13H,6-7,16H2,1-3H3. The number of ether oxygens (including phenoxy) is 1. The summed E-state index contributed by atoms with van der Waals surface area (Å²) in [5.74, 6) is 0. The Balaban J connectivity index is 2.37. The highest BCUT2D eigenvalue weighted by atomic mass is 35.5. The molecule has 1 atom stereocenters. The van der Waals surface area contributed by atoms with Crippen LogP contribution >= 0.6 is 11.6 Å².